The van der Waals surface area contributed by atoms with E-state index in [9.17, 15) is 28.1 Å². The van der Waals surface area contributed by atoms with Crippen molar-refractivity contribution in [1.29, 1.82) is 5.26 Å². The maximum absolute atomic E-state index is 12.5. The standard InChI is InChI=1S/C10H4ClF3N2O3/c11-3-8(17)9-5(4-15)1-6(10(12,13)14)2-7(9)16(18)19/h1-2H,3H2. The van der Waals surface area contributed by atoms with Crippen molar-refractivity contribution in [1.82, 2.24) is 0 Å². The van der Waals surface area contributed by atoms with Crippen molar-refractivity contribution in [2.45, 2.75) is 6.18 Å². The van der Waals surface area contributed by atoms with Gasteiger partial charge < -0.3 is 0 Å². The zero-order valence-electron chi connectivity index (χ0n) is 8.99. The molecule has 1 aromatic carbocycles. The van der Waals surface area contributed by atoms with E-state index in [2.05, 4.69) is 0 Å². The van der Waals surface area contributed by atoms with E-state index < -0.39 is 45.1 Å². The molecule has 0 aliphatic heterocycles. The molecule has 0 aliphatic carbocycles. The van der Waals surface area contributed by atoms with E-state index in [1.54, 1.807) is 0 Å². The van der Waals surface area contributed by atoms with Gasteiger partial charge in [-0.05, 0) is 6.07 Å². The molecule has 0 saturated heterocycles. The Morgan fingerprint density at radius 3 is 2.42 bits per heavy atom. The average molecular weight is 293 g/mol. The molecule has 0 heterocycles. The van der Waals surface area contributed by atoms with Gasteiger partial charge in [-0.25, -0.2) is 0 Å². The van der Waals surface area contributed by atoms with Gasteiger partial charge in [-0.3, -0.25) is 14.9 Å². The Kier molecular flexibility index (Phi) is 4.11. The summed E-state index contributed by atoms with van der Waals surface area (Å²) < 4.78 is 37.6. The number of nitro groups is 1. The second-order valence-electron chi connectivity index (χ2n) is 3.34. The van der Waals surface area contributed by atoms with Gasteiger partial charge in [-0.2, -0.15) is 18.4 Å². The molecule has 0 unspecified atom stereocenters. The number of hydrogen-bond acceptors (Lipinski definition) is 4. The molecule has 0 radical (unpaired) electrons. The van der Waals surface area contributed by atoms with E-state index in [0.717, 1.165) is 0 Å². The summed E-state index contributed by atoms with van der Waals surface area (Å²) in [7, 11) is 0. The molecule has 1 rings (SSSR count). The normalized spacial score (nSPS) is 10.9. The van der Waals surface area contributed by atoms with Crippen molar-refractivity contribution in [3.05, 3.63) is 38.9 Å². The first-order valence-electron chi connectivity index (χ1n) is 4.61. The summed E-state index contributed by atoms with van der Waals surface area (Å²) in [5.41, 5.74) is -3.90. The molecule has 19 heavy (non-hydrogen) atoms. The fourth-order valence-corrected chi connectivity index (χ4v) is 1.52. The summed E-state index contributed by atoms with van der Waals surface area (Å²) in [5, 5.41) is 19.4. The quantitative estimate of drug-likeness (QED) is 0.371. The van der Waals surface area contributed by atoms with Gasteiger partial charge in [0.1, 0.15) is 11.6 Å². The third kappa shape index (κ3) is 3.00. The Labute approximate surface area is 109 Å². The molecule has 0 saturated carbocycles. The molecule has 0 atom stereocenters. The summed E-state index contributed by atoms with van der Waals surface area (Å²) in [6, 6.07) is 1.93. The van der Waals surface area contributed by atoms with Crippen molar-refractivity contribution in [3.63, 3.8) is 0 Å². The fraction of sp³-hybridized carbons (Fsp3) is 0.200. The first kappa shape index (κ1) is 14.9. The number of hydrogen-bond donors (Lipinski definition) is 0. The molecule has 0 aromatic heterocycles. The number of rotatable bonds is 3. The largest absolute Gasteiger partial charge is 0.416 e. The Morgan fingerprint density at radius 1 is 1.47 bits per heavy atom. The number of alkyl halides is 4. The number of nitrogens with zero attached hydrogens (tertiary/aromatic N) is 2. The van der Waals surface area contributed by atoms with Gasteiger partial charge in [0.05, 0.1) is 21.9 Å². The number of carbonyl (C=O) groups is 1. The van der Waals surface area contributed by atoms with Gasteiger partial charge in [-0.1, -0.05) is 0 Å². The molecule has 5 nitrogen and oxygen atoms in total. The van der Waals surface area contributed by atoms with E-state index in [4.69, 9.17) is 16.9 Å². The van der Waals surface area contributed by atoms with E-state index >= 15 is 0 Å². The number of Topliss-reactive ketones (excluding diaryl/α,β-unsaturated/α-hetero) is 1. The number of carbonyl (C=O) groups excluding carboxylic acids is 1. The highest BCUT2D eigenvalue weighted by atomic mass is 35.5. The number of nitro benzene ring substituents is 1. The monoisotopic (exact) mass is 292 g/mol. The van der Waals surface area contributed by atoms with Crippen LogP contribution in [-0.4, -0.2) is 16.6 Å². The van der Waals surface area contributed by atoms with Gasteiger partial charge in [-0.15, -0.1) is 11.6 Å². The van der Waals surface area contributed by atoms with Crippen molar-refractivity contribution in [2.75, 3.05) is 5.88 Å². The minimum Gasteiger partial charge on any atom is -0.293 e. The van der Waals surface area contributed by atoms with Crippen LogP contribution < -0.4 is 0 Å². The van der Waals surface area contributed by atoms with Crippen molar-refractivity contribution >= 4 is 23.1 Å². The number of nitriles is 1. The Bertz CT molecular complexity index is 593. The molecular formula is C10H4ClF3N2O3. The molecule has 0 aliphatic rings. The third-order valence-electron chi connectivity index (χ3n) is 2.16. The Morgan fingerprint density at radius 2 is 2.05 bits per heavy atom. The third-order valence-corrected chi connectivity index (χ3v) is 2.40. The summed E-state index contributed by atoms with van der Waals surface area (Å²) in [6.07, 6.45) is -4.86. The Balaban J connectivity index is 3.70. The van der Waals surface area contributed by atoms with Gasteiger partial charge in [0, 0.05) is 6.07 Å². The van der Waals surface area contributed by atoms with E-state index in [1.165, 1.54) is 6.07 Å². The lowest BCUT2D eigenvalue weighted by atomic mass is 9.99. The maximum Gasteiger partial charge on any atom is 0.416 e. The summed E-state index contributed by atoms with van der Waals surface area (Å²) in [4.78, 5) is 21.0. The smallest absolute Gasteiger partial charge is 0.293 e. The van der Waals surface area contributed by atoms with E-state index in [-0.39, 0.29) is 6.07 Å². The highest BCUT2D eigenvalue weighted by Gasteiger charge is 2.35. The van der Waals surface area contributed by atoms with Crippen LogP contribution in [0, 0.1) is 21.4 Å². The molecule has 1 aromatic rings. The lowest BCUT2D eigenvalue weighted by Gasteiger charge is -2.09. The van der Waals surface area contributed by atoms with Crippen LogP contribution in [0.1, 0.15) is 21.5 Å². The number of benzene rings is 1. The van der Waals surface area contributed by atoms with Crippen molar-refractivity contribution < 1.29 is 22.9 Å². The fourth-order valence-electron chi connectivity index (χ4n) is 1.38. The molecule has 0 amide bonds. The minimum absolute atomic E-state index is 0.209. The lowest BCUT2D eigenvalue weighted by molar-refractivity contribution is -0.385. The van der Waals surface area contributed by atoms with Crippen LogP contribution in [0.15, 0.2) is 12.1 Å². The average Bonchev–Trinajstić information content (AvgIpc) is 2.34. The zero-order chi connectivity index (χ0) is 14.8. The first-order chi connectivity index (χ1) is 8.72. The highest BCUT2D eigenvalue weighted by molar-refractivity contribution is 6.31. The van der Waals surface area contributed by atoms with Gasteiger partial charge in [0.15, 0.2) is 5.78 Å². The van der Waals surface area contributed by atoms with E-state index in [1.807, 2.05) is 0 Å². The molecule has 0 N–H and O–H groups in total. The van der Waals surface area contributed by atoms with Crippen LogP contribution in [-0.2, 0) is 6.18 Å². The predicted molar refractivity (Wildman–Crippen MR) is 57.9 cm³/mol. The summed E-state index contributed by atoms with van der Waals surface area (Å²) in [6.45, 7) is 0. The van der Waals surface area contributed by atoms with Crippen molar-refractivity contribution in [2.24, 2.45) is 0 Å². The SMILES string of the molecule is N#Cc1cc(C(F)(F)F)cc([N+](=O)[O-])c1C(=O)CCl. The first-order valence-corrected chi connectivity index (χ1v) is 5.14. The zero-order valence-corrected chi connectivity index (χ0v) is 9.75. The van der Waals surface area contributed by atoms with Crippen LogP contribution >= 0.6 is 11.6 Å². The number of halogens is 4. The molecule has 100 valence electrons. The summed E-state index contributed by atoms with van der Waals surface area (Å²) in [5.74, 6) is -1.67. The van der Waals surface area contributed by atoms with Gasteiger partial charge in [0.2, 0.25) is 0 Å². The molecular weight excluding hydrogens is 289 g/mol. The summed E-state index contributed by atoms with van der Waals surface area (Å²) >= 11 is 5.22. The topological polar surface area (TPSA) is 84.0 Å². The predicted octanol–water partition coefficient (Wildman–Crippen LogP) is 2.91. The van der Waals surface area contributed by atoms with Crippen LogP contribution in [0.5, 0.6) is 0 Å². The molecule has 0 bridgehead atoms. The maximum atomic E-state index is 12.5. The molecule has 9 heteroatoms. The highest BCUT2D eigenvalue weighted by Crippen LogP contribution is 2.35. The van der Waals surface area contributed by atoms with Crippen LogP contribution in [0.3, 0.4) is 0 Å². The van der Waals surface area contributed by atoms with Crippen molar-refractivity contribution in [3.8, 4) is 6.07 Å². The Hall–Kier alpha value is -2.14. The van der Waals surface area contributed by atoms with Gasteiger partial charge in [0.25, 0.3) is 5.69 Å². The van der Waals surface area contributed by atoms with Crippen LogP contribution in [0.25, 0.3) is 0 Å². The lowest BCUT2D eigenvalue weighted by Crippen LogP contribution is -2.12. The molecule has 0 spiro atoms. The second-order valence-corrected chi connectivity index (χ2v) is 3.61. The van der Waals surface area contributed by atoms with Crippen LogP contribution in [0.2, 0.25) is 0 Å². The van der Waals surface area contributed by atoms with E-state index in [0.29, 0.717) is 6.07 Å². The number of ketones is 1. The second kappa shape index (κ2) is 5.24. The minimum atomic E-state index is -4.86. The van der Waals surface area contributed by atoms with Gasteiger partial charge >= 0.3 is 6.18 Å². The van der Waals surface area contributed by atoms with Crippen LogP contribution in [0.4, 0.5) is 18.9 Å². The molecule has 0 fully saturated rings.